The molecule has 33 heavy (non-hydrogen) atoms. The number of amides is 2. The number of aromatic hydroxyl groups is 1. The van der Waals surface area contributed by atoms with E-state index in [0.717, 1.165) is 36.9 Å². The molecule has 0 unspecified atom stereocenters. The van der Waals surface area contributed by atoms with Gasteiger partial charge >= 0.3 is 6.03 Å². The Morgan fingerprint density at radius 3 is 2.39 bits per heavy atom. The number of halogens is 1. The van der Waals surface area contributed by atoms with E-state index in [9.17, 15) is 14.3 Å². The molecule has 0 spiro atoms. The van der Waals surface area contributed by atoms with Gasteiger partial charge in [-0.2, -0.15) is 0 Å². The first-order valence-corrected chi connectivity index (χ1v) is 11.2. The number of para-hydroxylation sites is 1. The van der Waals surface area contributed by atoms with Crippen LogP contribution in [0.3, 0.4) is 0 Å². The van der Waals surface area contributed by atoms with Gasteiger partial charge in [-0.15, -0.1) is 0 Å². The number of likely N-dealkylation sites (N-methyl/N-ethyl adjacent to an activating group) is 1. The number of rotatable bonds is 8. The Morgan fingerprint density at radius 1 is 1.00 bits per heavy atom. The first kappa shape index (κ1) is 22.6. The van der Waals surface area contributed by atoms with Crippen LogP contribution >= 0.6 is 0 Å². The Balaban J connectivity index is 1.58. The molecule has 1 heterocycles. The fourth-order valence-electron chi connectivity index (χ4n) is 4.61. The maximum atomic E-state index is 13.3. The summed E-state index contributed by atoms with van der Waals surface area (Å²) in [5.74, 6) is 0.448. The maximum absolute atomic E-state index is 13.3. The quantitative estimate of drug-likeness (QED) is 0.434. The molecule has 1 aliphatic heterocycles. The molecule has 0 aliphatic carbocycles. The number of carbonyl (C=O) groups excluding carboxylic acids is 1. The van der Waals surface area contributed by atoms with E-state index in [1.165, 1.54) is 12.1 Å². The highest BCUT2D eigenvalue weighted by Crippen LogP contribution is 2.43. The average Bonchev–Trinajstić information content (AvgIpc) is 3.08. The van der Waals surface area contributed by atoms with E-state index in [1.54, 1.807) is 23.0 Å². The van der Waals surface area contributed by atoms with Gasteiger partial charge in [0.1, 0.15) is 17.3 Å². The minimum absolute atomic E-state index is 0.0926. The third kappa shape index (κ3) is 4.80. The summed E-state index contributed by atoms with van der Waals surface area (Å²) in [6, 6.07) is 20.9. The zero-order valence-electron chi connectivity index (χ0n) is 18.9. The molecule has 3 aromatic carbocycles. The largest absolute Gasteiger partial charge is 0.507 e. The first-order chi connectivity index (χ1) is 16.0. The minimum atomic E-state index is -0.332. The Labute approximate surface area is 194 Å². The van der Waals surface area contributed by atoms with Crippen LogP contribution in [-0.4, -0.2) is 36.2 Å². The second kappa shape index (κ2) is 9.94. The molecule has 0 saturated carbocycles. The van der Waals surface area contributed by atoms with Gasteiger partial charge in [0.25, 0.3) is 0 Å². The Bertz CT molecular complexity index is 1090. The van der Waals surface area contributed by atoms with Crippen LogP contribution in [0.5, 0.6) is 11.5 Å². The molecule has 0 aromatic heterocycles. The molecule has 1 N–H and O–H groups in total. The topological polar surface area (TPSA) is 53.0 Å². The highest BCUT2D eigenvalue weighted by atomic mass is 19.1. The van der Waals surface area contributed by atoms with Gasteiger partial charge in [0.15, 0.2) is 0 Å². The molecule has 6 heteroatoms. The molecule has 4 rings (SSSR count). The highest BCUT2D eigenvalue weighted by molar-refractivity contribution is 5.95. The van der Waals surface area contributed by atoms with Crippen LogP contribution in [-0.2, 0) is 6.42 Å². The van der Waals surface area contributed by atoms with E-state index in [4.69, 9.17) is 4.74 Å². The molecule has 1 saturated heterocycles. The SMILES string of the molecule is COc1ccc([C@@H]2[C@@H](CCCCc3ccc(F)cc3)N(C)C(=O)N2c2ccccc2)c(O)c1. The molecule has 0 radical (unpaired) electrons. The van der Waals surface area contributed by atoms with Crippen LogP contribution in [0.2, 0.25) is 0 Å². The Hall–Kier alpha value is -3.54. The third-order valence-electron chi connectivity index (χ3n) is 6.37. The van der Waals surface area contributed by atoms with E-state index < -0.39 is 0 Å². The zero-order chi connectivity index (χ0) is 23.4. The van der Waals surface area contributed by atoms with Crippen molar-refractivity contribution in [3.63, 3.8) is 0 Å². The van der Waals surface area contributed by atoms with Crippen LogP contribution in [0.1, 0.15) is 36.4 Å². The van der Waals surface area contributed by atoms with Crippen LogP contribution in [0.25, 0.3) is 0 Å². The Kier molecular flexibility index (Phi) is 6.82. The number of phenols is 1. The van der Waals surface area contributed by atoms with Crippen molar-refractivity contribution in [2.75, 3.05) is 19.1 Å². The van der Waals surface area contributed by atoms with Gasteiger partial charge in [-0.1, -0.05) is 36.8 Å². The number of methoxy groups -OCH3 is 1. The number of carbonyl (C=O) groups is 1. The normalized spacial score (nSPS) is 18.1. The zero-order valence-corrected chi connectivity index (χ0v) is 18.9. The third-order valence-corrected chi connectivity index (χ3v) is 6.37. The molecular formula is C27H29FN2O3. The van der Waals surface area contributed by atoms with Crippen molar-refractivity contribution in [2.45, 2.75) is 37.8 Å². The number of hydrogen-bond donors (Lipinski definition) is 1. The van der Waals surface area contributed by atoms with Crippen molar-refractivity contribution in [3.05, 3.63) is 89.7 Å². The lowest BCUT2D eigenvalue weighted by molar-refractivity contribution is 0.213. The highest BCUT2D eigenvalue weighted by Gasteiger charge is 2.45. The number of nitrogens with zero attached hydrogens (tertiary/aromatic N) is 2. The van der Waals surface area contributed by atoms with Crippen molar-refractivity contribution >= 4 is 11.7 Å². The lowest BCUT2D eigenvalue weighted by atomic mass is 9.93. The molecule has 5 nitrogen and oxygen atoms in total. The molecule has 2 amide bonds. The van der Waals surface area contributed by atoms with E-state index in [-0.39, 0.29) is 29.7 Å². The van der Waals surface area contributed by atoms with Crippen molar-refractivity contribution in [1.82, 2.24) is 4.90 Å². The van der Waals surface area contributed by atoms with Gasteiger partial charge in [0, 0.05) is 24.4 Å². The second-order valence-electron chi connectivity index (χ2n) is 8.41. The lowest BCUT2D eigenvalue weighted by Gasteiger charge is -2.28. The van der Waals surface area contributed by atoms with Gasteiger partial charge in [0.05, 0.1) is 19.2 Å². The Morgan fingerprint density at radius 2 is 1.73 bits per heavy atom. The number of anilines is 1. The summed E-state index contributed by atoms with van der Waals surface area (Å²) < 4.78 is 18.4. The van der Waals surface area contributed by atoms with Crippen molar-refractivity contribution in [1.29, 1.82) is 0 Å². The van der Waals surface area contributed by atoms with Crippen LogP contribution < -0.4 is 9.64 Å². The van der Waals surface area contributed by atoms with E-state index in [2.05, 4.69) is 0 Å². The van der Waals surface area contributed by atoms with E-state index in [1.807, 2.05) is 61.6 Å². The predicted molar refractivity (Wildman–Crippen MR) is 127 cm³/mol. The number of ether oxygens (including phenoxy) is 1. The van der Waals surface area contributed by atoms with Crippen molar-refractivity contribution < 1.29 is 19.0 Å². The predicted octanol–water partition coefficient (Wildman–Crippen LogP) is 5.93. The molecule has 1 aliphatic rings. The number of unbranched alkanes of at least 4 members (excludes halogenated alkanes) is 1. The lowest BCUT2D eigenvalue weighted by Crippen LogP contribution is -2.31. The molecular weight excluding hydrogens is 419 g/mol. The van der Waals surface area contributed by atoms with Gasteiger partial charge in [-0.05, 0) is 61.2 Å². The smallest absolute Gasteiger partial charge is 0.325 e. The van der Waals surface area contributed by atoms with Gasteiger partial charge in [0.2, 0.25) is 0 Å². The molecule has 2 atom stereocenters. The first-order valence-electron chi connectivity index (χ1n) is 11.2. The van der Waals surface area contributed by atoms with Gasteiger partial charge < -0.3 is 14.7 Å². The maximum Gasteiger partial charge on any atom is 0.325 e. The van der Waals surface area contributed by atoms with Crippen LogP contribution in [0.15, 0.2) is 72.8 Å². The molecule has 1 fully saturated rings. The number of phenolic OH excluding ortho intramolecular Hbond substituents is 1. The monoisotopic (exact) mass is 448 g/mol. The summed E-state index contributed by atoms with van der Waals surface area (Å²) in [5, 5.41) is 10.8. The van der Waals surface area contributed by atoms with Crippen molar-refractivity contribution in [3.8, 4) is 11.5 Å². The minimum Gasteiger partial charge on any atom is -0.507 e. The van der Waals surface area contributed by atoms with E-state index >= 15 is 0 Å². The molecule has 3 aromatic rings. The van der Waals surface area contributed by atoms with Gasteiger partial charge in [-0.3, -0.25) is 4.90 Å². The summed E-state index contributed by atoms with van der Waals surface area (Å²) >= 11 is 0. The van der Waals surface area contributed by atoms with Crippen LogP contribution in [0, 0.1) is 5.82 Å². The molecule has 172 valence electrons. The second-order valence-corrected chi connectivity index (χ2v) is 8.41. The van der Waals surface area contributed by atoms with Crippen molar-refractivity contribution in [2.24, 2.45) is 0 Å². The number of benzene rings is 3. The number of aryl methyl sites for hydroxylation is 1. The summed E-state index contributed by atoms with van der Waals surface area (Å²) in [7, 11) is 3.38. The summed E-state index contributed by atoms with van der Waals surface area (Å²) in [5.41, 5.74) is 2.59. The van der Waals surface area contributed by atoms with E-state index in [0.29, 0.717) is 11.3 Å². The van der Waals surface area contributed by atoms with Crippen LogP contribution in [0.4, 0.5) is 14.9 Å². The summed E-state index contributed by atoms with van der Waals surface area (Å²) in [6.07, 6.45) is 3.46. The fraction of sp³-hybridized carbons (Fsp3) is 0.296. The van der Waals surface area contributed by atoms with Gasteiger partial charge in [-0.25, -0.2) is 9.18 Å². The fourth-order valence-corrected chi connectivity index (χ4v) is 4.61. The summed E-state index contributed by atoms with van der Waals surface area (Å²) in [4.78, 5) is 16.9. The number of hydrogen-bond acceptors (Lipinski definition) is 3. The summed E-state index contributed by atoms with van der Waals surface area (Å²) in [6.45, 7) is 0. The number of urea groups is 1. The standard InChI is InChI=1S/C27H29FN2O3/c1-29-24(11-7-6-8-19-12-14-20(28)15-13-19)26(23-17-16-22(33-2)18-25(23)31)30(27(29)32)21-9-4-3-5-10-21/h3-5,9-10,12-18,24,26,31H,6-8,11H2,1-2H3/t24-,26-/m1/s1. The molecule has 0 bridgehead atoms. The average molecular weight is 449 g/mol.